The monoisotopic (exact) mass is 750 g/mol. The molecule has 12 aromatic rings. The highest BCUT2D eigenvalue weighted by Gasteiger charge is 2.18. The van der Waals surface area contributed by atoms with Gasteiger partial charge in [0.25, 0.3) is 0 Å². The van der Waals surface area contributed by atoms with Crippen LogP contribution in [-0.2, 0) is 0 Å². The number of hydrogen-bond donors (Lipinski definition) is 0. The Morgan fingerprint density at radius 1 is 0.254 bits per heavy atom. The van der Waals surface area contributed by atoms with Gasteiger partial charge in [0, 0.05) is 32.9 Å². The molecule has 2 nitrogen and oxygen atoms in total. The molecular weight excluding hydrogens is 713 g/mol. The first-order valence-corrected chi connectivity index (χ1v) is 20.4. The van der Waals surface area contributed by atoms with Crippen molar-refractivity contribution in [3.63, 3.8) is 0 Å². The fourth-order valence-electron chi connectivity index (χ4n) is 9.73. The van der Waals surface area contributed by atoms with E-state index >= 15 is 0 Å². The van der Waals surface area contributed by atoms with Gasteiger partial charge in [0.15, 0.2) is 0 Å². The maximum absolute atomic E-state index is 2.43. The normalized spacial score (nSPS) is 11.8. The first kappa shape index (κ1) is 33.5. The molecule has 276 valence electrons. The lowest BCUT2D eigenvalue weighted by Crippen LogP contribution is -1.95. The minimum atomic E-state index is 1.15. The summed E-state index contributed by atoms with van der Waals surface area (Å²) in [6.45, 7) is 2.19. The van der Waals surface area contributed by atoms with Crippen LogP contribution in [-0.4, -0.2) is 9.13 Å². The summed E-state index contributed by atoms with van der Waals surface area (Å²) in [4.78, 5) is 0. The van der Waals surface area contributed by atoms with Crippen LogP contribution in [0.25, 0.3) is 110 Å². The predicted octanol–water partition coefficient (Wildman–Crippen LogP) is 15.5. The zero-order chi connectivity index (χ0) is 39.0. The highest BCUT2D eigenvalue weighted by Crippen LogP contribution is 2.44. The van der Waals surface area contributed by atoms with Gasteiger partial charge >= 0.3 is 0 Å². The van der Waals surface area contributed by atoms with Crippen LogP contribution in [0.4, 0.5) is 0 Å². The van der Waals surface area contributed by atoms with Gasteiger partial charge in [0.1, 0.15) is 0 Å². The van der Waals surface area contributed by atoms with Crippen LogP contribution in [0.2, 0.25) is 0 Å². The van der Waals surface area contributed by atoms with Gasteiger partial charge in [-0.2, -0.15) is 0 Å². The molecule has 0 amide bonds. The molecule has 0 N–H and O–H groups in total. The highest BCUT2D eigenvalue weighted by molar-refractivity contribution is 6.21. The fourth-order valence-corrected chi connectivity index (χ4v) is 9.73. The van der Waals surface area contributed by atoms with Crippen molar-refractivity contribution in [2.24, 2.45) is 0 Å². The van der Waals surface area contributed by atoms with Crippen LogP contribution >= 0.6 is 0 Å². The molecule has 59 heavy (non-hydrogen) atoms. The Hall–Kier alpha value is -7.68. The molecule has 2 heteroatoms. The van der Waals surface area contributed by atoms with Crippen LogP contribution in [0.3, 0.4) is 0 Å². The molecule has 2 heterocycles. The van der Waals surface area contributed by atoms with Gasteiger partial charge in [-0.05, 0) is 123 Å². The Labute approximate surface area is 342 Å². The summed E-state index contributed by atoms with van der Waals surface area (Å²) in [5.41, 5.74) is 15.8. The van der Waals surface area contributed by atoms with Crippen molar-refractivity contribution in [1.82, 2.24) is 9.13 Å². The van der Waals surface area contributed by atoms with Gasteiger partial charge in [-0.3, -0.25) is 0 Å². The molecule has 0 bridgehead atoms. The summed E-state index contributed by atoms with van der Waals surface area (Å²) in [5.74, 6) is 0. The molecule has 0 aliphatic rings. The maximum Gasteiger partial charge on any atom is 0.0541 e. The van der Waals surface area contributed by atoms with E-state index in [1.54, 1.807) is 0 Å². The van der Waals surface area contributed by atoms with Crippen molar-refractivity contribution in [2.45, 2.75) is 6.92 Å². The molecule has 0 saturated carbocycles. The lowest BCUT2D eigenvalue weighted by atomic mass is 9.86. The molecule has 0 aliphatic carbocycles. The molecule has 0 aliphatic heterocycles. The van der Waals surface area contributed by atoms with Gasteiger partial charge in [-0.15, -0.1) is 0 Å². The number of para-hydroxylation sites is 2. The summed E-state index contributed by atoms with van der Waals surface area (Å²) in [6.07, 6.45) is 0. The van der Waals surface area contributed by atoms with Gasteiger partial charge in [-0.1, -0.05) is 157 Å². The number of rotatable bonds is 5. The van der Waals surface area contributed by atoms with E-state index in [1.807, 2.05) is 0 Å². The Bertz CT molecular complexity index is 3480. The van der Waals surface area contributed by atoms with Crippen LogP contribution in [0.1, 0.15) is 5.56 Å². The first-order valence-electron chi connectivity index (χ1n) is 20.4. The predicted molar refractivity (Wildman–Crippen MR) is 251 cm³/mol. The average Bonchev–Trinajstić information content (AvgIpc) is 3.81. The number of hydrogen-bond acceptors (Lipinski definition) is 0. The first-order chi connectivity index (χ1) is 29.2. The second-order valence-corrected chi connectivity index (χ2v) is 15.8. The molecule has 0 unspecified atom stereocenters. The van der Waals surface area contributed by atoms with E-state index in [1.165, 1.54) is 104 Å². The third-order valence-electron chi connectivity index (χ3n) is 12.4. The Morgan fingerprint density at radius 2 is 0.627 bits per heavy atom. The van der Waals surface area contributed by atoms with Crippen LogP contribution < -0.4 is 0 Å². The van der Waals surface area contributed by atoms with E-state index in [9.17, 15) is 0 Å². The van der Waals surface area contributed by atoms with E-state index in [-0.39, 0.29) is 0 Å². The largest absolute Gasteiger partial charge is 0.309 e. The Kier molecular flexibility index (Phi) is 7.48. The van der Waals surface area contributed by atoms with Crippen molar-refractivity contribution in [3.8, 4) is 44.8 Å². The number of aryl methyl sites for hydroxylation is 1. The van der Waals surface area contributed by atoms with Crippen molar-refractivity contribution in [1.29, 1.82) is 0 Å². The molecular formula is C57H38N2. The second kappa shape index (κ2) is 13.2. The van der Waals surface area contributed by atoms with Gasteiger partial charge < -0.3 is 9.13 Å². The second-order valence-electron chi connectivity index (χ2n) is 15.8. The van der Waals surface area contributed by atoms with Crippen molar-refractivity contribution >= 4 is 65.2 Å². The molecule has 12 rings (SSSR count). The van der Waals surface area contributed by atoms with Gasteiger partial charge in [0.2, 0.25) is 0 Å². The third kappa shape index (κ3) is 5.20. The average molecular weight is 751 g/mol. The number of aromatic nitrogens is 2. The van der Waals surface area contributed by atoms with Crippen molar-refractivity contribution in [3.05, 3.63) is 218 Å². The number of nitrogens with zero attached hydrogens (tertiary/aromatic N) is 2. The molecule has 0 spiro atoms. The van der Waals surface area contributed by atoms with Crippen LogP contribution in [0.5, 0.6) is 0 Å². The number of benzene rings is 10. The highest BCUT2D eigenvalue weighted by atomic mass is 15.0. The van der Waals surface area contributed by atoms with E-state index < -0.39 is 0 Å². The van der Waals surface area contributed by atoms with Crippen LogP contribution in [0.15, 0.2) is 212 Å². The molecule has 2 aromatic heterocycles. The summed E-state index contributed by atoms with van der Waals surface area (Å²) >= 11 is 0. The molecule has 10 aromatic carbocycles. The SMILES string of the molecule is Cc1ccc2c(c1)c1cc(-c3ccc(-n4c5ccccc5c5ccccc54)cc3)ccc1n2-c1ccc(-c2c3ccccc3c(-c3ccccc3)c3ccccc23)cc1. The van der Waals surface area contributed by atoms with Crippen molar-refractivity contribution < 1.29 is 0 Å². The maximum atomic E-state index is 2.43. The standard InChI is InChI=1S/C57H38N2/c1-37-23-33-54-50(35-37)51-36-41(38-24-29-42(30-25-38)58-52-21-11-9-15-44(52)45-16-10-12-22-53(45)58)28-34-55(51)59(54)43-31-26-40(27-32-43)57-48-19-7-5-17-46(48)56(39-13-3-2-4-14-39)47-18-6-8-20-49(47)57/h2-36H,1H3. The summed E-state index contributed by atoms with van der Waals surface area (Å²) < 4.78 is 4.81. The summed E-state index contributed by atoms with van der Waals surface area (Å²) in [5, 5.41) is 10.1. The third-order valence-corrected chi connectivity index (χ3v) is 12.4. The molecule has 0 saturated heterocycles. The Balaban J connectivity index is 0.967. The zero-order valence-electron chi connectivity index (χ0n) is 32.6. The van der Waals surface area contributed by atoms with Crippen molar-refractivity contribution in [2.75, 3.05) is 0 Å². The minimum absolute atomic E-state index is 1.15. The lowest BCUT2D eigenvalue weighted by molar-refractivity contribution is 1.18. The molecule has 0 radical (unpaired) electrons. The lowest BCUT2D eigenvalue weighted by Gasteiger charge is -2.18. The zero-order valence-corrected chi connectivity index (χ0v) is 32.6. The van der Waals surface area contributed by atoms with E-state index in [0.29, 0.717) is 0 Å². The summed E-state index contributed by atoms with van der Waals surface area (Å²) in [7, 11) is 0. The van der Waals surface area contributed by atoms with Gasteiger partial charge in [-0.25, -0.2) is 0 Å². The number of fused-ring (bicyclic) bond motifs is 8. The molecule has 0 atom stereocenters. The topological polar surface area (TPSA) is 9.86 Å². The van der Waals surface area contributed by atoms with E-state index in [2.05, 4.69) is 228 Å². The molecule has 0 fully saturated rings. The summed E-state index contributed by atoms with van der Waals surface area (Å²) in [6, 6.07) is 78.0. The fraction of sp³-hybridized carbons (Fsp3) is 0.0175. The van der Waals surface area contributed by atoms with E-state index in [0.717, 1.165) is 11.4 Å². The smallest absolute Gasteiger partial charge is 0.0541 e. The minimum Gasteiger partial charge on any atom is -0.309 e. The quantitative estimate of drug-likeness (QED) is 0.155. The van der Waals surface area contributed by atoms with Crippen LogP contribution in [0, 0.1) is 6.92 Å². The van der Waals surface area contributed by atoms with Gasteiger partial charge in [0.05, 0.1) is 22.1 Å². The Morgan fingerprint density at radius 3 is 1.15 bits per heavy atom. The van der Waals surface area contributed by atoms with E-state index in [4.69, 9.17) is 0 Å².